The SMILES string of the molecule is CCOC(=O)c1c(-c2ccccc2)csc1NC(=O)/C(C#N)=C/c1cccs1. The van der Waals surface area contributed by atoms with Crippen molar-refractivity contribution in [1.82, 2.24) is 0 Å². The van der Waals surface area contributed by atoms with Crippen molar-refractivity contribution in [3.63, 3.8) is 0 Å². The zero-order chi connectivity index (χ0) is 19.9. The third kappa shape index (κ3) is 4.36. The number of carbonyl (C=O) groups is 2. The highest BCUT2D eigenvalue weighted by atomic mass is 32.1. The molecule has 140 valence electrons. The van der Waals surface area contributed by atoms with E-state index in [0.29, 0.717) is 16.1 Å². The van der Waals surface area contributed by atoms with Gasteiger partial charge in [-0.2, -0.15) is 5.26 Å². The maximum absolute atomic E-state index is 12.6. The van der Waals surface area contributed by atoms with Crippen LogP contribution in [-0.2, 0) is 9.53 Å². The largest absolute Gasteiger partial charge is 0.462 e. The summed E-state index contributed by atoms with van der Waals surface area (Å²) < 4.78 is 5.18. The van der Waals surface area contributed by atoms with Gasteiger partial charge in [0.1, 0.15) is 22.2 Å². The topological polar surface area (TPSA) is 79.2 Å². The van der Waals surface area contributed by atoms with E-state index in [-0.39, 0.29) is 12.2 Å². The molecule has 2 heterocycles. The van der Waals surface area contributed by atoms with E-state index >= 15 is 0 Å². The number of amides is 1. The fraction of sp³-hybridized carbons (Fsp3) is 0.0952. The van der Waals surface area contributed by atoms with Crippen LogP contribution < -0.4 is 5.32 Å². The highest BCUT2D eigenvalue weighted by Gasteiger charge is 2.23. The summed E-state index contributed by atoms with van der Waals surface area (Å²) in [6.45, 7) is 1.94. The predicted octanol–water partition coefficient (Wildman–Crippen LogP) is 5.20. The molecule has 0 aliphatic rings. The maximum atomic E-state index is 12.6. The minimum Gasteiger partial charge on any atom is -0.462 e. The Balaban J connectivity index is 1.95. The summed E-state index contributed by atoms with van der Waals surface area (Å²) in [5, 5.41) is 16.1. The van der Waals surface area contributed by atoms with Crippen molar-refractivity contribution in [1.29, 1.82) is 5.26 Å². The highest BCUT2D eigenvalue weighted by molar-refractivity contribution is 7.15. The molecule has 1 amide bonds. The van der Waals surface area contributed by atoms with Gasteiger partial charge >= 0.3 is 5.97 Å². The third-order valence-electron chi connectivity index (χ3n) is 3.78. The van der Waals surface area contributed by atoms with E-state index in [9.17, 15) is 14.9 Å². The van der Waals surface area contributed by atoms with Crippen molar-refractivity contribution in [2.24, 2.45) is 0 Å². The van der Waals surface area contributed by atoms with Gasteiger partial charge in [0.05, 0.1) is 6.61 Å². The summed E-state index contributed by atoms with van der Waals surface area (Å²) in [7, 11) is 0. The van der Waals surface area contributed by atoms with Crippen LogP contribution in [0.15, 0.2) is 58.8 Å². The minimum absolute atomic E-state index is 0.0353. The molecule has 3 rings (SSSR count). The van der Waals surface area contributed by atoms with Gasteiger partial charge in [0, 0.05) is 15.8 Å². The van der Waals surface area contributed by atoms with E-state index in [1.54, 1.807) is 12.3 Å². The van der Waals surface area contributed by atoms with Gasteiger partial charge in [0.15, 0.2) is 0 Å². The second-order valence-corrected chi connectivity index (χ2v) is 7.44. The number of nitrogens with zero attached hydrogens (tertiary/aromatic N) is 1. The van der Waals surface area contributed by atoms with Crippen molar-refractivity contribution in [2.45, 2.75) is 6.92 Å². The minimum atomic E-state index is -0.567. The first kappa shape index (κ1) is 19.5. The summed E-state index contributed by atoms with van der Waals surface area (Å²) in [6, 6.07) is 15.0. The summed E-state index contributed by atoms with van der Waals surface area (Å²) in [5.74, 6) is -1.08. The molecule has 0 spiro atoms. The van der Waals surface area contributed by atoms with E-state index < -0.39 is 11.9 Å². The lowest BCUT2D eigenvalue weighted by atomic mass is 10.0. The van der Waals surface area contributed by atoms with Gasteiger partial charge in [0.2, 0.25) is 0 Å². The van der Waals surface area contributed by atoms with E-state index in [4.69, 9.17) is 4.74 Å². The van der Waals surface area contributed by atoms with Crippen molar-refractivity contribution in [2.75, 3.05) is 11.9 Å². The molecular formula is C21H16N2O3S2. The molecule has 5 nitrogen and oxygen atoms in total. The van der Waals surface area contributed by atoms with Crippen LogP contribution in [0.3, 0.4) is 0 Å². The number of anilines is 1. The van der Waals surface area contributed by atoms with Crippen LogP contribution in [-0.4, -0.2) is 18.5 Å². The first-order valence-electron chi connectivity index (χ1n) is 8.44. The van der Waals surface area contributed by atoms with E-state index in [0.717, 1.165) is 10.4 Å². The van der Waals surface area contributed by atoms with Crippen LogP contribution in [0.1, 0.15) is 22.2 Å². The van der Waals surface area contributed by atoms with Crippen molar-refractivity contribution in [3.05, 3.63) is 69.2 Å². The number of nitriles is 1. The molecule has 2 aromatic heterocycles. The Kier molecular flexibility index (Phi) is 6.37. The first-order valence-corrected chi connectivity index (χ1v) is 10.2. The zero-order valence-corrected chi connectivity index (χ0v) is 16.6. The standard InChI is InChI=1S/C21H16N2O3S2/c1-2-26-21(25)18-17(14-7-4-3-5-8-14)13-28-20(18)23-19(24)15(12-22)11-16-9-6-10-27-16/h3-11,13H,2H2,1H3,(H,23,24)/b15-11+. The van der Waals surface area contributed by atoms with Crippen LogP contribution in [0.4, 0.5) is 5.00 Å². The zero-order valence-electron chi connectivity index (χ0n) is 15.0. The molecule has 1 N–H and O–H groups in total. The molecule has 0 fully saturated rings. The molecule has 0 aliphatic carbocycles. The summed E-state index contributed by atoms with van der Waals surface area (Å²) in [4.78, 5) is 26.0. The Morgan fingerprint density at radius 3 is 2.61 bits per heavy atom. The lowest BCUT2D eigenvalue weighted by molar-refractivity contribution is -0.112. The number of benzene rings is 1. The number of esters is 1. The van der Waals surface area contributed by atoms with E-state index in [2.05, 4.69) is 5.32 Å². The molecule has 0 radical (unpaired) electrons. The Morgan fingerprint density at radius 1 is 1.18 bits per heavy atom. The molecule has 0 saturated heterocycles. The molecular weight excluding hydrogens is 392 g/mol. The molecule has 7 heteroatoms. The van der Waals surface area contributed by atoms with E-state index in [1.807, 2.05) is 53.9 Å². The van der Waals surface area contributed by atoms with Gasteiger partial charge in [-0.25, -0.2) is 4.79 Å². The van der Waals surface area contributed by atoms with Crippen molar-refractivity contribution >= 4 is 45.6 Å². The van der Waals surface area contributed by atoms with Gasteiger partial charge in [-0.1, -0.05) is 36.4 Å². The molecule has 0 saturated carbocycles. The summed E-state index contributed by atoms with van der Waals surface area (Å²) >= 11 is 2.65. The number of nitrogens with one attached hydrogen (secondary N) is 1. The quantitative estimate of drug-likeness (QED) is 0.345. The van der Waals surface area contributed by atoms with Crippen molar-refractivity contribution < 1.29 is 14.3 Å². The maximum Gasteiger partial charge on any atom is 0.341 e. The molecule has 0 unspecified atom stereocenters. The number of carbonyl (C=O) groups excluding carboxylic acids is 2. The summed E-state index contributed by atoms with van der Waals surface area (Å²) in [5.41, 5.74) is 1.78. The molecule has 3 aromatic rings. The Bertz CT molecular complexity index is 1050. The molecule has 0 bridgehead atoms. The Labute approximate surface area is 170 Å². The number of thiophene rings is 2. The fourth-order valence-electron chi connectivity index (χ4n) is 2.52. The lowest BCUT2D eigenvalue weighted by Gasteiger charge is -2.08. The fourth-order valence-corrected chi connectivity index (χ4v) is 4.13. The number of rotatable bonds is 6. The second-order valence-electron chi connectivity index (χ2n) is 5.58. The number of hydrogen-bond donors (Lipinski definition) is 1. The van der Waals surface area contributed by atoms with Gasteiger partial charge in [-0.05, 0) is 30.0 Å². The average molecular weight is 409 g/mol. The normalized spacial score (nSPS) is 10.9. The van der Waals surface area contributed by atoms with Crippen LogP contribution in [0.5, 0.6) is 0 Å². The summed E-state index contributed by atoms with van der Waals surface area (Å²) in [6.07, 6.45) is 1.52. The van der Waals surface area contributed by atoms with Gasteiger partial charge in [-0.15, -0.1) is 22.7 Å². The highest BCUT2D eigenvalue weighted by Crippen LogP contribution is 2.36. The molecule has 1 aromatic carbocycles. The predicted molar refractivity (Wildman–Crippen MR) is 112 cm³/mol. The molecule has 0 aliphatic heterocycles. The third-order valence-corrected chi connectivity index (χ3v) is 5.49. The Hall–Kier alpha value is -3.21. The lowest BCUT2D eigenvalue weighted by Crippen LogP contribution is -2.16. The number of ether oxygens (including phenoxy) is 1. The van der Waals surface area contributed by atoms with Gasteiger partial charge in [-0.3, -0.25) is 4.79 Å². The molecule has 28 heavy (non-hydrogen) atoms. The van der Waals surface area contributed by atoms with Crippen LogP contribution >= 0.6 is 22.7 Å². The van der Waals surface area contributed by atoms with Gasteiger partial charge < -0.3 is 10.1 Å². The van der Waals surface area contributed by atoms with Crippen LogP contribution in [0.2, 0.25) is 0 Å². The van der Waals surface area contributed by atoms with Crippen LogP contribution in [0, 0.1) is 11.3 Å². The average Bonchev–Trinajstić information content (AvgIpc) is 3.36. The van der Waals surface area contributed by atoms with Crippen molar-refractivity contribution in [3.8, 4) is 17.2 Å². The monoisotopic (exact) mass is 408 g/mol. The van der Waals surface area contributed by atoms with E-state index in [1.165, 1.54) is 28.7 Å². The molecule has 0 atom stereocenters. The van der Waals surface area contributed by atoms with Gasteiger partial charge in [0.25, 0.3) is 5.91 Å². The van der Waals surface area contributed by atoms with Crippen LogP contribution in [0.25, 0.3) is 17.2 Å². The first-order chi connectivity index (χ1) is 13.6. The Morgan fingerprint density at radius 2 is 1.96 bits per heavy atom. The number of hydrogen-bond acceptors (Lipinski definition) is 6. The second kappa shape index (κ2) is 9.13. The smallest absolute Gasteiger partial charge is 0.341 e.